The van der Waals surface area contributed by atoms with E-state index < -0.39 is 29.6 Å². The van der Waals surface area contributed by atoms with Crippen LogP contribution in [0.2, 0.25) is 0 Å². The van der Waals surface area contributed by atoms with Crippen LogP contribution in [0.1, 0.15) is 51.2 Å². The van der Waals surface area contributed by atoms with Gasteiger partial charge in [-0.15, -0.1) is 0 Å². The zero-order valence-corrected chi connectivity index (χ0v) is 18.2. The number of ether oxygens (including phenoxy) is 3. The number of azide groups is 1. The van der Waals surface area contributed by atoms with E-state index in [4.69, 9.17) is 19.7 Å². The molecular weight excluding hydrogens is 388 g/mol. The second-order valence-corrected chi connectivity index (χ2v) is 8.45. The minimum Gasteiger partial charge on any atom is -0.493 e. The molecule has 1 aromatic carbocycles. The smallest absolute Gasteiger partial charge is 0.407 e. The summed E-state index contributed by atoms with van der Waals surface area (Å²) in [7, 11) is 1.33. The summed E-state index contributed by atoms with van der Waals surface area (Å²) in [4.78, 5) is 27.8. The zero-order chi connectivity index (χ0) is 22.3. The number of methoxy groups -OCH3 is 1. The van der Waals surface area contributed by atoms with E-state index in [1.165, 1.54) is 7.11 Å². The Hall–Kier alpha value is -2.93. The second-order valence-electron chi connectivity index (χ2n) is 8.45. The molecule has 1 aliphatic rings. The van der Waals surface area contributed by atoms with Crippen LogP contribution in [0.4, 0.5) is 4.79 Å². The highest BCUT2D eigenvalue weighted by Gasteiger charge is 2.39. The van der Waals surface area contributed by atoms with Gasteiger partial charge in [0.25, 0.3) is 0 Å². The van der Waals surface area contributed by atoms with Crippen molar-refractivity contribution in [3.05, 3.63) is 39.8 Å². The van der Waals surface area contributed by atoms with Crippen LogP contribution in [0.3, 0.4) is 0 Å². The van der Waals surface area contributed by atoms with Gasteiger partial charge in [0, 0.05) is 17.0 Å². The highest BCUT2D eigenvalue weighted by Crippen LogP contribution is 2.39. The molecular formula is C21H30N4O5. The van der Waals surface area contributed by atoms with Crippen molar-refractivity contribution in [2.75, 3.05) is 20.3 Å². The Bertz CT molecular complexity index is 814. The van der Waals surface area contributed by atoms with Crippen molar-refractivity contribution in [1.29, 1.82) is 0 Å². The van der Waals surface area contributed by atoms with Crippen LogP contribution in [0.15, 0.2) is 23.3 Å². The van der Waals surface area contributed by atoms with Gasteiger partial charge in [-0.25, -0.2) is 4.79 Å². The number of rotatable bonds is 7. The van der Waals surface area contributed by atoms with Gasteiger partial charge in [-0.1, -0.05) is 24.2 Å². The molecule has 0 heterocycles. The number of benzene rings is 1. The van der Waals surface area contributed by atoms with Gasteiger partial charge in [0.05, 0.1) is 19.8 Å². The molecule has 0 aromatic heterocycles. The molecule has 0 spiro atoms. The molecule has 0 fully saturated rings. The van der Waals surface area contributed by atoms with Crippen LogP contribution in [0.5, 0.6) is 5.75 Å². The maximum absolute atomic E-state index is 12.7. The van der Waals surface area contributed by atoms with Crippen LogP contribution >= 0.6 is 0 Å². The number of carbonyl (C=O) groups excluding carboxylic acids is 2. The van der Waals surface area contributed by atoms with Crippen LogP contribution < -0.4 is 10.1 Å². The first-order valence-corrected chi connectivity index (χ1v) is 9.99. The van der Waals surface area contributed by atoms with Crippen molar-refractivity contribution in [1.82, 2.24) is 5.32 Å². The van der Waals surface area contributed by atoms with Crippen molar-refractivity contribution < 1.29 is 23.8 Å². The van der Waals surface area contributed by atoms with Crippen molar-refractivity contribution in [2.24, 2.45) is 11.0 Å². The molecule has 2 rings (SSSR count). The molecule has 30 heavy (non-hydrogen) atoms. The van der Waals surface area contributed by atoms with Crippen LogP contribution in [0, 0.1) is 5.92 Å². The van der Waals surface area contributed by atoms with Crippen molar-refractivity contribution in [3.8, 4) is 5.75 Å². The van der Waals surface area contributed by atoms with E-state index in [-0.39, 0.29) is 5.92 Å². The summed E-state index contributed by atoms with van der Waals surface area (Å²) in [5.74, 6) is -0.593. The summed E-state index contributed by atoms with van der Waals surface area (Å²) >= 11 is 0. The van der Waals surface area contributed by atoms with Gasteiger partial charge in [-0.05, 0) is 56.7 Å². The fourth-order valence-electron chi connectivity index (χ4n) is 3.45. The van der Waals surface area contributed by atoms with Gasteiger partial charge in [-0.3, -0.25) is 4.79 Å². The van der Waals surface area contributed by atoms with Crippen LogP contribution in [-0.4, -0.2) is 44.0 Å². The molecule has 1 N–H and O–H groups in total. The van der Waals surface area contributed by atoms with Crippen LogP contribution in [0.25, 0.3) is 10.4 Å². The Morgan fingerprint density at radius 3 is 2.73 bits per heavy atom. The first kappa shape index (κ1) is 23.3. The molecule has 1 unspecified atom stereocenters. The largest absolute Gasteiger partial charge is 0.493 e. The number of aryl methyl sites for hydroxylation is 1. The SMILES string of the molecule is COC(=O)[C@@H]1c2c(cccc2OC[C@@H](C)CN=[N+]=[N-])CCC1NC(=O)OC(C)(C)C. The summed E-state index contributed by atoms with van der Waals surface area (Å²) in [6.45, 7) is 7.90. The van der Waals surface area contributed by atoms with Gasteiger partial charge >= 0.3 is 12.1 Å². The number of carbonyl (C=O) groups is 2. The van der Waals surface area contributed by atoms with Crippen molar-refractivity contribution >= 4 is 12.1 Å². The molecule has 9 heteroatoms. The summed E-state index contributed by atoms with van der Waals surface area (Å²) in [6.07, 6.45) is 0.670. The first-order valence-electron chi connectivity index (χ1n) is 9.99. The maximum atomic E-state index is 12.7. The quantitative estimate of drug-likeness (QED) is 0.309. The third-order valence-corrected chi connectivity index (χ3v) is 4.73. The maximum Gasteiger partial charge on any atom is 0.407 e. The van der Waals surface area contributed by atoms with Gasteiger partial charge in [0.2, 0.25) is 0 Å². The zero-order valence-electron chi connectivity index (χ0n) is 18.2. The van der Waals surface area contributed by atoms with E-state index in [1.54, 1.807) is 26.8 Å². The Kier molecular flexibility index (Phi) is 7.94. The number of alkyl carbamates (subject to hydrolysis) is 1. The van der Waals surface area contributed by atoms with Crippen molar-refractivity contribution in [3.63, 3.8) is 0 Å². The Labute approximate surface area is 176 Å². The number of esters is 1. The van der Waals surface area contributed by atoms with E-state index in [0.717, 1.165) is 5.56 Å². The van der Waals surface area contributed by atoms with Gasteiger partial charge in [-0.2, -0.15) is 0 Å². The number of hydrogen-bond donors (Lipinski definition) is 1. The lowest BCUT2D eigenvalue weighted by Gasteiger charge is -2.34. The highest BCUT2D eigenvalue weighted by molar-refractivity contribution is 5.82. The molecule has 0 saturated carbocycles. The third kappa shape index (κ3) is 6.29. The molecule has 0 bridgehead atoms. The molecule has 3 atom stereocenters. The lowest BCUT2D eigenvalue weighted by atomic mass is 9.78. The fourth-order valence-corrected chi connectivity index (χ4v) is 3.45. The monoisotopic (exact) mass is 418 g/mol. The molecule has 1 aromatic rings. The number of nitrogens with one attached hydrogen (secondary N) is 1. The van der Waals surface area contributed by atoms with E-state index in [0.29, 0.717) is 37.3 Å². The van der Waals surface area contributed by atoms with E-state index in [1.807, 2.05) is 19.1 Å². The topological polar surface area (TPSA) is 123 Å². The normalized spacial score (nSPS) is 19.0. The summed E-state index contributed by atoms with van der Waals surface area (Å²) in [5, 5.41) is 6.40. The minimum atomic E-state index is -0.713. The average molecular weight is 418 g/mol. The third-order valence-electron chi connectivity index (χ3n) is 4.73. The number of nitrogens with zero attached hydrogens (tertiary/aromatic N) is 3. The molecule has 0 radical (unpaired) electrons. The molecule has 9 nitrogen and oxygen atoms in total. The lowest BCUT2D eigenvalue weighted by Crippen LogP contribution is -2.46. The van der Waals surface area contributed by atoms with Crippen molar-refractivity contribution in [2.45, 2.75) is 58.1 Å². The number of amides is 1. The van der Waals surface area contributed by atoms with Gasteiger partial charge in [0.1, 0.15) is 17.3 Å². The number of fused-ring (bicyclic) bond motifs is 1. The average Bonchev–Trinajstić information content (AvgIpc) is 2.68. The minimum absolute atomic E-state index is 0.00705. The van der Waals surface area contributed by atoms with Crippen LogP contribution in [-0.2, 0) is 20.7 Å². The Morgan fingerprint density at radius 2 is 2.10 bits per heavy atom. The summed E-state index contributed by atoms with van der Waals surface area (Å²) < 4.78 is 16.4. The first-order chi connectivity index (χ1) is 14.2. The molecule has 164 valence electrons. The Balaban J connectivity index is 2.29. The predicted molar refractivity (Wildman–Crippen MR) is 111 cm³/mol. The molecule has 0 aliphatic heterocycles. The summed E-state index contributed by atoms with van der Waals surface area (Å²) in [6, 6.07) is 5.14. The second kappa shape index (κ2) is 10.2. The predicted octanol–water partition coefficient (Wildman–Crippen LogP) is 4.11. The Morgan fingerprint density at radius 1 is 1.37 bits per heavy atom. The fraction of sp³-hybridized carbons (Fsp3) is 0.619. The van der Waals surface area contributed by atoms with E-state index >= 15 is 0 Å². The number of hydrogen-bond acceptors (Lipinski definition) is 6. The standard InChI is InChI=1S/C21H30N4O5/c1-13(11-23-25-22)12-29-16-8-6-7-14-9-10-15(18(17(14)16)19(26)28-5)24-20(27)30-21(2,3)4/h6-8,13,15,18H,9-12H2,1-5H3,(H,24,27)/t13-,15?,18-/m0/s1. The lowest BCUT2D eigenvalue weighted by molar-refractivity contribution is -0.143. The molecule has 1 aliphatic carbocycles. The van der Waals surface area contributed by atoms with E-state index in [2.05, 4.69) is 15.3 Å². The van der Waals surface area contributed by atoms with E-state index in [9.17, 15) is 9.59 Å². The molecule has 1 amide bonds. The molecule has 0 saturated heterocycles. The summed E-state index contributed by atoms with van der Waals surface area (Å²) in [5.41, 5.74) is 9.52. The highest BCUT2D eigenvalue weighted by atomic mass is 16.6. The van der Waals surface area contributed by atoms with Gasteiger partial charge in [0.15, 0.2) is 0 Å². The van der Waals surface area contributed by atoms with Gasteiger partial charge < -0.3 is 19.5 Å².